The van der Waals surface area contributed by atoms with Crippen LogP contribution in [0.25, 0.3) is 10.4 Å². The fourth-order valence-corrected chi connectivity index (χ4v) is 3.82. The first-order chi connectivity index (χ1) is 11.1. The molecule has 0 fully saturated rings. The Bertz CT molecular complexity index is 867. The van der Waals surface area contributed by atoms with Gasteiger partial charge in [0.05, 0.1) is 4.88 Å². The Kier molecular flexibility index (Phi) is 4.61. The molecule has 3 rings (SSSR count). The molecule has 1 atom stereocenters. The third-order valence-corrected chi connectivity index (χ3v) is 5.44. The number of ketones is 1. The summed E-state index contributed by atoms with van der Waals surface area (Å²) in [4.78, 5) is 14.3. The highest BCUT2D eigenvalue weighted by Gasteiger charge is 2.13. The van der Waals surface area contributed by atoms with Gasteiger partial charge in [0.25, 0.3) is 0 Å². The number of thiophene rings is 1. The highest BCUT2D eigenvalue weighted by atomic mass is 32.1. The van der Waals surface area contributed by atoms with Gasteiger partial charge in [-0.1, -0.05) is 31.2 Å². The summed E-state index contributed by atoms with van der Waals surface area (Å²) < 4.78 is 0. The van der Waals surface area contributed by atoms with Gasteiger partial charge in [0, 0.05) is 10.4 Å². The van der Waals surface area contributed by atoms with Crippen molar-refractivity contribution in [2.45, 2.75) is 13.3 Å². The lowest BCUT2D eigenvalue weighted by Crippen LogP contribution is -1.99. The Hall–Kier alpha value is -1.96. The fourth-order valence-electron chi connectivity index (χ4n) is 2.47. The first-order valence-electron chi connectivity index (χ1n) is 7.41. The van der Waals surface area contributed by atoms with Gasteiger partial charge in [-0.25, -0.2) is 0 Å². The van der Waals surface area contributed by atoms with Crippen LogP contribution >= 0.6 is 20.6 Å². The Morgan fingerprint density at radius 3 is 2.70 bits per heavy atom. The number of carbonyl (C=O) groups excluding carboxylic acids is 1. The zero-order valence-electron chi connectivity index (χ0n) is 12.7. The Labute approximate surface area is 142 Å². The number of aromatic hydroxyl groups is 1. The van der Waals surface area contributed by atoms with Crippen LogP contribution in [0, 0.1) is 0 Å². The average molecular weight is 340 g/mol. The van der Waals surface area contributed by atoms with E-state index in [1.54, 1.807) is 18.2 Å². The normalized spacial score (nSPS) is 10.7. The molecule has 1 heterocycles. The van der Waals surface area contributed by atoms with E-state index in [0.29, 0.717) is 10.4 Å². The molecule has 0 saturated heterocycles. The lowest BCUT2D eigenvalue weighted by Gasteiger charge is -2.05. The number of benzene rings is 2. The molecule has 0 spiro atoms. The number of carbonyl (C=O) groups is 1. The average Bonchev–Trinajstić information content (AvgIpc) is 3.04. The molecular weight excluding hydrogens is 323 g/mol. The van der Waals surface area contributed by atoms with Crippen molar-refractivity contribution in [3.63, 3.8) is 0 Å². The molecule has 116 valence electrons. The maximum absolute atomic E-state index is 12.5. The molecule has 0 aliphatic heterocycles. The molecule has 0 aliphatic rings. The zero-order chi connectivity index (χ0) is 16.4. The van der Waals surface area contributed by atoms with Crippen LogP contribution in [0.3, 0.4) is 0 Å². The van der Waals surface area contributed by atoms with Crippen LogP contribution in [0.2, 0.25) is 0 Å². The minimum absolute atomic E-state index is 0.0597. The minimum Gasteiger partial charge on any atom is -0.508 e. The molecule has 0 radical (unpaired) electrons. The van der Waals surface area contributed by atoms with Crippen molar-refractivity contribution in [1.82, 2.24) is 0 Å². The van der Waals surface area contributed by atoms with E-state index < -0.39 is 0 Å². The van der Waals surface area contributed by atoms with E-state index in [1.807, 2.05) is 12.1 Å². The van der Waals surface area contributed by atoms with Crippen LogP contribution in [0.15, 0.2) is 54.6 Å². The van der Waals surface area contributed by atoms with Gasteiger partial charge >= 0.3 is 0 Å². The van der Waals surface area contributed by atoms with Crippen molar-refractivity contribution in [3.05, 3.63) is 70.6 Å². The van der Waals surface area contributed by atoms with E-state index in [9.17, 15) is 9.90 Å². The number of phenols is 1. The Balaban J connectivity index is 1.93. The molecule has 1 aromatic heterocycles. The van der Waals surface area contributed by atoms with Crippen molar-refractivity contribution in [3.8, 4) is 16.2 Å². The second kappa shape index (κ2) is 6.66. The first-order valence-corrected chi connectivity index (χ1v) is 8.80. The van der Waals surface area contributed by atoms with Crippen molar-refractivity contribution < 1.29 is 9.90 Å². The molecule has 3 aromatic rings. The van der Waals surface area contributed by atoms with E-state index >= 15 is 0 Å². The van der Waals surface area contributed by atoms with Crippen LogP contribution in [-0.2, 0) is 6.42 Å². The first kappa shape index (κ1) is 15.9. The molecular formula is C19H17O2PS. The van der Waals surface area contributed by atoms with Crippen molar-refractivity contribution in [1.29, 1.82) is 0 Å². The Morgan fingerprint density at radius 1 is 1.13 bits per heavy atom. The van der Waals surface area contributed by atoms with Crippen LogP contribution in [0.5, 0.6) is 5.75 Å². The predicted molar refractivity (Wildman–Crippen MR) is 100 cm³/mol. The van der Waals surface area contributed by atoms with Crippen molar-refractivity contribution >= 4 is 31.7 Å². The Morgan fingerprint density at radius 2 is 1.96 bits per heavy atom. The second-order valence-electron chi connectivity index (χ2n) is 5.31. The third-order valence-electron chi connectivity index (χ3n) is 3.75. The van der Waals surface area contributed by atoms with E-state index in [4.69, 9.17) is 0 Å². The monoisotopic (exact) mass is 340 g/mol. The summed E-state index contributed by atoms with van der Waals surface area (Å²) in [6, 6.07) is 16.7. The molecule has 1 N–H and O–H groups in total. The molecule has 1 unspecified atom stereocenters. The maximum Gasteiger partial charge on any atom is 0.203 e. The number of aryl methyl sites for hydroxylation is 1. The van der Waals surface area contributed by atoms with Gasteiger partial charge in [-0.05, 0) is 53.2 Å². The van der Waals surface area contributed by atoms with E-state index in [2.05, 4.69) is 34.4 Å². The second-order valence-corrected chi connectivity index (χ2v) is 7.02. The maximum atomic E-state index is 12.5. The predicted octanol–water partition coefficient (Wildman–Crippen LogP) is 4.41. The lowest BCUT2D eigenvalue weighted by molar-refractivity contribution is 0.104. The minimum atomic E-state index is -0.0597. The molecule has 0 aliphatic carbocycles. The van der Waals surface area contributed by atoms with Crippen LogP contribution in [-0.4, -0.2) is 10.9 Å². The molecule has 2 aromatic carbocycles. The number of phenolic OH excluding ortho intramolecular Hbond substituents is 1. The standard InChI is InChI=1S/C19H17O2PS/c1-2-12-10-13(6-7-16(12)22)17-8-9-18(23-17)19(21)14-4-3-5-15(20)11-14/h3-11,20H,2,22H2,1H3. The summed E-state index contributed by atoms with van der Waals surface area (Å²) in [5, 5.41) is 10.7. The molecule has 0 saturated carbocycles. The largest absolute Gasteiger partial charge is 0.508 e. The summed E-state index contributed by atoms with van der Waals surface area (Å²) in [5.41, 5.74) is 2.93. The van der Waals surface area contributed by atoms with Crippen LogP contribution in [0.1, 0.15) is 27.7 Å². The van der Waals surface area contributed by atoms with Gasteiger partial charge in [-0.2, -0.15) is 0 Å². The smallest absolute Gasteiger partial charge is 0.203 e. The van der Waals surface area contributed by atoms with Gasteiger partial charge in [-0.15, -0.1) is 20.6 Å². The summed E-state index contributed by atoms with van der Waals surface area (Å²) in [5.74, 6) is 0.0479. The van der Waals surface area contributed by atoms with Gasteiger partial charge < -0.3 is 5.11 Å². The quantitative estimate of drug-likeness (QED) is 0.564. The number of hydrogen-bond acceptors (Lipinski definition) is 3. The highest BCUT2D eigenvalue weighted by Crippen LogP contribution is 2.30. The molecule has 4 heteroatoms. The van der Waals surface area contributed by atoms with E-state index in [1.165, 1.54) is 28.3 Å². The van der Waals surface area contributed by atoms with Gasteiger partial charge in [-0.3, -0.25) is 4.79 Å². The summed E-state index contributed by atoms with van der Waals surface area (Å²) >= 11 is 1.48. The highest BCUT2D eigenvalue weighted by molar-refractivity contribution is 7.27. The number of rotatable bonds is 4. The van der Waals surface area contributed by atoms with Crippen molar-refractivity contribution in [2.75, 3.05) is 0 Å². The molecule has 0 amide bonds. The summed E-state index contributed by atoms with van der Waals surface area (Å²) in [7, 11) is 2.76. The molecule has 0 bridgehead atoms. The summed E-state index contributed by atoms with van der Waals surface area (Å²) in [6.45, 7) is 2.14. The summed E-state index contributed by atoms with van der Waals surface area (Å²) in [6.07, 6.45) is 0.979. The van der Waals surface area contributed by atoms with Gasteiger partial charge in [0.1, 0.15) is 5.75 Å². The van der Waals surface area contributed by atoms with E-state index in [-0.39, 0.29) is 11.5 Å². The van der Waals surface area contributed by atoms with Gasteiger partial charge in [0.15, 0.2) is 0 Å². The molecule has 2 nitrogen and oxygen atoms in total. The molecule has 23 heavy (non-hydrogen) atoms. The topological polar surface area (TPSA) is 37.3 Å². The SMILES string of the molecule is CCc1cc(-c2ccc(C(=O)c3cccc(O)c3)s2)ccc1P. The van der Waals surface area contributed by atoms with Crippen molar-refractivity contribution in [2.24, 2.45) is 0 Å². The fraction of sp³-hybridized carbons (Fsp3) is 0.105. The number of hydrogen-bond donors (Lipinski definition) is 1. The van der Waals surface area contributed by atoms with Gasteiger partial charge in [0.2, 0.25) is 5.78 Å². The zero-order valence-corrected chi connectivity index (χ0v) is 14.7. The lowest BCUT2D eigenvalue weighted by atomic mass is 10.1. The van der Waals surface area contributed by atoms with Crippen LogP contribution < -0.4 is 5.30 Å². The third kappa shape index (κ3) is 3.36. The van der Waals surface area contributed by atoms with E-state index in [0.717, 1.165) is 16.9 Å². The van der Waals surface area contributed by atoms with Crippen LogP contribution in [0.4, 0.5) is 0 Å².